The second-order valence-electron chi connectivity index (χ2n) is 6.50. The lowest BCUT2D eigenvalue weighted by Gasteiger charge is -2.48. The number of alkyl halides is 2. The van der Waals surface area contributed by atoms with E-state index in [2.05, 4.69) is 0 Å². The molecule has 2 saturated carbocycles. The second-order valence-corrected chi connectivity index (χ2v) is 6.50. The molecule has 0 aromatic carbocycles. The number of nitrogens with zero attached hydrogens (tertiary/aromatic N) is 1. The van der Waals surface area contributed by atoms with Crippen molar-refractivity contribution in [3.8, 4) is 0 Å². The molecular formula is C14H25F2NO. The van der Waals surface area contributed by atoms with Crippen molar-refractivity contribution in [1.82, 2.24) is 4.90 Å². The van der Waals surface area contributed by atoms with E-state index in [1.54, 1.807) is 11.9 Å². The van der Waals surface area contributed by atoms with E-state index in [-0.39, 0.29) is 24.1 Å². The van der Waals surface area contributed by atoms with E-state index in [4.69, 9.17) is 0 Å². The molecule has 0 aliphatic heterocycles. The first kappa shape index (κ1) is 14.2. The smallest absolute Gasteiger partial charge is 0.257 e. The summed E-state index contributed by atoms with van der Waals surface area (Å²) in [4.78, 5) is 1.80. The van der Waals surface area contributed by atoms with Crippen LogP contribution in [0.5, 0.6) is 0 Å². The van der Waals surface area contributed by atoms with E-state index in [0.717, 1.165) is 32.6 Å². The first-order valence-electron chi connectivity index (χ1n) is 7.09. The molecular weight excluding hydrogens is 236 g/mol. The maximum absolute atomic E-state index is 13.2. The predicted octanol–water partition coefficient (Wildman–Crippen LogP) is 3.05. The summed E-state index contributed by atoms with van der Waals surface area (Å²) >= 11 is 0. The van der Waals surface area contributed by atoms with Gasteiger partial charge in [-0.25, -0.2) is 8.78 Å². The van der Waals surface area contributed by atoms with Gasteiger partial charge in [0.25, 0.3) is 5.92 Å². The third kappa shape index (κ3) is 3.02. The molecule has 0 aromatic heterocycles. The minimum absolute atomic E-state index is 0.120. The van der Waals surface area contributed by atoms with Crippen molar-refractivity contribution in [3.05, 3.63) is 0 Å². The van der Waals surface area contributed by atoms with Crippen LogP contribution in [0.3, 0.4) is 0 Å². The number of hydrogen-bond donors (Lipinski definition) is 1. The SMILES string of the molecule is CN(CC(C)(F)F)C1CC(O)CCC12CCCC2. The molecule has 1 spiro atoms. The number of rotatable bonds is 3. The summed E-state index contributed by atoms with van der Waals surface area (Å²) in [7, 11) is 1.79. The van der Waals surface area contributed by atoms with E-state index in [1.807, 2.05) is 0 Å². The Bertz CT molecular complexity index is 284. The second kappa shape index (κ2) is 5.04. The maximum atomic E-state index is 13.2. The largest absolute Gasteiger partial charge is 0.393 e. The van der Waals surface area contributed by atoms with Crippen molar-refractivity contribution in [2.24, 2.45) is 5.41 Å². The Morgan fingerprint density at radius 1 is 1.28 bits per heavy atom. The third-order valence-electron chi connectivity index (χ3n) is 4.84. The Morgan fingerprint density at radius 2 is 1.89 bits per heavy atom. The van der Waals surface area contributed by atoms with Crippen LogP contribution >= 0.6 is 0 Å². The van der Waals surface area contributed by atoms with Crippen LogP contribution in [0.2, 0.25) is 0 Å². The molecule has 0 bridgehead atoms. The molecule has 2 aliphatic rings. The van der Waals surface area contributed by atoms with Gasteiger partial charge < -0.3 is 5.11 Å². The van der Waals surface area contributed by atoms with Gasteiger partial charge in [-0.3, -0.25) is 4.90 Å². The molecule has 4 heteroatoms. The predicted molar refractivity (Wildman–Crippen MR) is 67.8 cm³/mol. The average Bonchev–Trinajstić information content (AvgIpc) is 2.69. The number of halogens is 2. The van der Waals surface area contributed by atoms with Gasteiger partial charge in [-0.05, 0) is 44.6 Å². The minimum atomic E-state index is -2.66. The summed E-state index contributed by atoms with van der Waals surface area (Å²) in [6.45, 7) is 0.774. The molecule has 1 N–H and O–H groups in total. The summed E-state index contributed by atoms with van der Waals surface area (Å²) < 4.78 is 26.4. The van der Waals surface area contributed by atoms with Crippen molar-refractivity contribution < 1.29 is 13.9 Å². The highest BCUT2D eigenvalue weighted by Crippen LogP contribution is 2.50. The lowest BCUT2D eigenvalue weighted by atomic mass is 9.67. The van der Waals surface area contributed by atoms with Crippen molar-refractivity contribution in [1.29, 1.82) is 0 Å². The number of hydrogen-bond acceptors (Lipinski definition) is 2. The monoisotopic (exact) mass is 261 g/mol. The van der Waals surface area contributed by atoms with Crippen LogP contribution in [0.15, 0.2) is 0 Å². The normalized spacial score (nSPS) is 32.3. The van der Waals surface area contributed by atoms with Crippen LogP contribution in [0.25, 0.3) is 0 Å². The number of aliphatic hydroxyl groups excluding tert-OH is 1. The lowest BCUT2D eigenvalue weighted by molar-refractivity contribution is -0.0661. The lowest BCUT2D eigenvalue weighted by Crippen LogP contribution is -2.52. The molecule has 0 amide bonds. The molecule has 2 rings (SSSR count). The Hall–Kier alpha value is -0.220. The van der Waals surface area contributed by atoms with Gasteiger partial charge in [-0.15, -0.1) is 0 Å². The number of aliphatic hydroxyl groups is 1. The molecule has 0 aromatic rings. The van der Waals surface area contributed by atoms with Gasteiger partial charge >= 0.3 is 0 Å². The zero-order chi connectivity index (χ0) is 13.4. The molecule has 18 heavy (non-hydrogen) atoms. The van der Waals surface area contributed by atoms with Gasteiger partial charge in [0, 0.05) is 13.0 Å². The maximum Gasteiger partial charge on any atom is 0.257 e. The average molecular weight is 261 g/mol. The molecule has 2 nitrogen and oxygen atoms in total. The quantitative estimate of drug-likeness (QED) is 0.844. The van der Waals surface area contributed by atoms with Crippen molar-refractivity contribution in [2.45, 2.75) is 69.9 Å². The fourth-order valence-electron chi connectivity index (χ4n) is 4.10. The van der Waals surface area contributed by atoms with Crippen LogP contribution in [-0.4, -0.2) is 41.7 Å². The van der Waals surface area contributed by atoms with E-state index >= 15 is 0 Å². The van der Waals surface area contributed by atoms with Gasteiger partial charge in [0.1, 0.15) is 0 Å². The molecule has 0 heterocycles. The molecule has 0 radical (unpaired) electrons. The Labute approximate surface area is 108 Å². The van der Waals surface area contributed by atoms with E-state index in [0.29, 0.717) is 6.42 Å². The van der Waals surface area contributed by atoms with Gasteiger partial charge in [-0.1, -0.05) is 12.8 Å². The van der Waals surface area contributed by atoms with Gasteiger partial charge in [0.15, 0.2) is 0 Å². The van der Waals surface area contributed by atoms with Gasteiger partial charge in [0.05, 0.1) is 12.6 Å². The third-order valence-corrected chi connectivity index (χ3v) is 4.84. The minimum Gasteiger partial charge on any atom is -0.393 e. The first-order chi connectivity index (χ1) is 8.32. The molecule has 2 unspecified atom stereocenters. The van der Waals surface area contributed by atoms with E-state index in [1.165, 1.54) is 12.8 Å². The summed E-state index contributed by atoms with van der Waals surface area (Å²) in [5, 5.41) is 9.86. The topological polar surface area (TPSA) is 23.5 Å². The van der Waals surface area contributed by atoms with Crippen LogP contribution in [0.1, 0.15) is 51.9 Å². The summed E-state index contributed by atoms with van der Waals surface area (Å²) in [5.41, 5.74) is 0.194. The summed E-state index contributed by atoms with van der Waals surface area (Å²) in [6.07, 6.45) is 6.90. The fraction of sp³-hybridized carbons (Fsp3) is 1.00. The van der Waals surface area contributed by atoms with E-state index < -0.39 is 5.92 Å². The zero-order valence-corrected chi connectivity index (χ0v) is 11.5. The van der Waals surface area contributed by atoms with Crippen molar-refractivity contribution in [2.75, 3.05) is 13.6 Å². The van der Waals surface area contributed by atoms with Crippen LogP contribution in [0, 0.1) is 5.41 Å². The Kier molecular flexibility index (Phi) is 3.98. The molecule has 106 valence electrons. The van der Waals surface area contributed by atoms with Gasteiger partial charge in [0.2, 0.25) is 0 Å². The highest BCUT2D eigenvalue weighted by atomic mass is 19.3. The summed E-state index contributed by atoms with van der Waals surface area (Å²) in [6, 6.07) is 0.120. The Balaban J connectivity index is 2.10. The standard InChI is InChI=1S/C14H25F2NO/c1-13(15,16)10-17(2)12-9-11(18)5-8-14(12)6-3-4-7-14/h11-12,18H,3-10H2,1-2H3. The van der Waals surface area contributed by atoms with Crippen LogP contribution in [-0.2, 0) is 0 Å². The fourth-order valence-corrected chi connectivity index (χ4v) is 4.10. The molecule has 2 aliphatic carbocycles. The van der Waals surface area contributed by atoms with Gasteiger partial charge in [-0.2, -0.15) is 0 Å². The highest BCUT2D eigenvalue weighted by Gasteiger charge is 2.47. The molecule has 0 saturated heterocycles. The van der Waals surface area contributed by atoms with Crippen LogP contribution < -0.4 is 0 Å². The summed E-state index contributed by atoms with van der Waals surface area (Å²) in [5.74, 6) is -2.66. The van der Waals surface area contributed by atoms with Crippen molar-refractivity contribution in [3.63, 3.8) is 0 Å². The van der Waals surface area contributed by atoms with Crippen molar-refractivity contribution >= 4 is 0 Å². The molecule has 2 fully saturated rings. The first-order valence-corrected chi connectivity index (χ1v) is 7.09. The Morgan fingerprint density at radius 3 is 2.44 bits per heavy atom. The molecule has 2 atom stereocenters. The van der Waals surface area contributed by atoms with Crippen LogP contribution in [0.4, 0.5) is 8.78 Å². The highest BCUT2D eigenvalue weighted by molar-refractivity contribution is 5.00. The van der Waals surface area contributed by atoms with E-state index in [9.17, 15) is 13.9 Å². The zero-order valence-electron chi connectivity index (χ0n) is 11.5.